The number of H-pyrrole nitrogens is 1. The van der Waals surface area contributed by atoms with Gasteiger partial charge in [-0.3, -0.25) is 0 Å². The molecule has 0 spiro atoms. The quantitative estimate of drug-likeness (QED) is 0.848. The minimum Gasteiger partial charge on any atom is -0.476 e. The van der Waals surface area contributed by atoms with Gasteiger partial charge in [0.1, 0.15) is 0 Å². The monoisotopic (exact) mass is 315 g/mol. The van der Waals surface area contributed by atoms with Crippen molar-refractivity contribution >= 4 is 17.7 Å². The fraction of sp³-hybridized carbons (Fsp3) is 0.312. The molecule has 1 heterocycles. The first-order valence-corrected chi connectivity index (χ1v) is 7.58. The SMILES string of the molecule is CC(C)(C)CC#Cc1cccc(Sc2n[nH]nc2C(=O)O)c1. The minimum absolute atomic E-state index is 0.0748. The zero-order chi connectivity index (χ0) is 16.2. The molecular formula is C16H17N3O2S. The van der Waals surface area contributed by atoms with E-state index >= 15 is 0 Å². The summed E-state index contributed by atoms with van der Waals surface area (Å²) in [4.78, 5) is 11.9. The lowest BCUT2D eigenvalue weighted by atomic mass is 9.93. The lowest BCUT2D eigenvalue weighted by molar-refractivity contribution is 0.0686. The van der Waals surface area contributed by atoms with E-state index in [0.717, 1.165) is 16.9 Å². The molecule has 2 aromatic rings. The molecule has 0 fully saturated rings. The van der Waals surface area contributed by atoms with Crippen LogP contribution in [-0.4, -0.2) is 26.5 Å². The first kappa shape index (κ1) is 16.1. The van der Waals surface area contributed by atoms with Crippen LogP contribution in [0.5, 0.6) is 0 Å². The molecule has 0 radical (unpaired) electrons. The van der Waals surface area contributed by atoms with E-state index in [1.54, 1.807) is 0 Å². The Balaban J connectivity index is 2.15. The smallest absolute Gasteiger partial charge is 0.359 e. The van der Waals surface area contributed by atoms with Crippen molar-refractivity contribution in [1.29, 1.82) is 0 Å². The Kier molecular flexibility index (Phi) is 4.88. The molecule has 1 aromatic carbocycles. The first-order chi connectivity index (χ1) is 10.3. The van der Waals surface area contributed by atoms with E-state index in [9.17, 15) is 4.79 Å². The van der Waals surface area contributed by atoms with Crippen molar-refractivity contribution in [2.24, 2.45) is 5.41 Å². The third-order valence-corrected chi connectivity index (χ3v) is 3.59. The van der Waals surface area contributed by atoms with Gasteiger partial charge >= 0.3 is 5.97 Å². The predicted octanol–water partition coefficient (Wildman–Crippen LogP) is 3.44. The molecule has 0 atom stereocenters. The Labute approximate surface area is 133 Å². The van der Waals surface area contributed by atoms with Gasteiger partial charge in [0.05, 0.1) is 0 Å². The highest BCUT2D eigenvalue weighted by atomic mass is 32.2. The van der Waals surface area contributed by atoms with E-state index < -0.39 is 5.97 Å². The normalized spacial score (nSPS) is 10.9. The van der Waals surface area contributed by atoms with Crippen LogP contribution in [0.1, 0.15) is 43.2 Å². The van der Waals surface area contributed by atoms with Gasteiger partial charge in [-0.1, -0.05) is 50.4 Å². The van der Waals surface area contributed by atoms with Gasteiger partial charge in [-0.25, -0.2) is 4.79 Å². The summed E-state index contributed by atoms with van der Waals surface area (Å²) in [5.41, 5.74) is 1.00. The highest BCUT2D eigenvalue weighted by Crippen LogP contribution is 2.28. The molecule has 0 saturated carbocycles. The molecule has 2 N–H and O–H groups in total. The van der Waals surface area contributed by atoms with Crippen LogP contribution in [0.15, 0.2) is 34.2 Å². The fourth-order valence-corrected chi connectivity index (χ4v) is 2.46. The number of carboxylic acids is 1. The molecular weight excluding hydrogens is 298 g/mol. The average molecular weight is 315 g/mol. The maximum Gasteiger partial charge on any atom is 0.359 e. The Morgan fingerprint density at radius 2 is 2.14 bits per heavy atom. The summed E-state index contributed by atoms with van der Waals surface area (Å²) in [5.74, 6) is 5.21. The van der Waals surface area contributed by atoms with Gasteiger partial charge in [0.15, 0.2) is 5.03 Å². The largest absolute Gasteiger partial charge is 0.476 e. The molecule has 1 aromatic heterocycles. The van der Waals surface area contributed by atoms with Gasteiger partial charge in [-0.15, -0.1) is 10.2 Å². The zero-order valence-corrected chi connectivity index (χ0v) is 13.5. The standard InChI is InChI=1S/C16H17N3O2S/c1-16(2,3)9-5-7-11-6-4-8-12(10-11)22-14-13(15(20)21)17-19-18-14/h4,6,8,10H,9H2,1-3H3,(H,20,21)(H,17,18,19). The molecule has 2 rings (SSSR count). The summed E-state index contributed by atoms with van der Waals surface area (Å²) in [6.45, 7) is 6.43. The minimum atomic E-state index is -1.10. The summed E-state index contributed by atoms with van der Waals surface area (Å²) < 4.78 is 0. The number of aromatic carboxylic acids is 1. The third kappa shape index (κ3) is 4.64. The molecule has 0 amide bonds. The van der Waals surface area contributed by atoms with Crippen LogP contribution in [0, 0.1) is 17.3 Å². The van der Waals surface area contributed by atoms with E-state index in [2.05, 4.69) is 48.0 Å². The maximum absolute atomic E-state index is 11.0. The lowest BCUT2D eigenvalue weighted by Crippen LogP contribution is -2.02. The summed E-state index contributed by atoms with van der Waals surface area (Å²) in [6, 6.07) is 7.63. The number of rotatable bonds is 3. The highest BCUT2D eigenvalue weighted by molar-refractivity contribution is 7.99. The Morgan fingerprint density at radius 1 is 1.36 bits per heavy atom. The van der Waals surface area contributed by atoms with E-state index in [1.807, 2.05) is 24.3 Å². The van der Waals surface area contributed by atoms with Crippen molar-refractivity contribution in [2.45, 2.75) is 37.1 Å². The number of nitrogens with zero attached hydrogens (tertiary/aromatic N) is 2. The summed E-state index contributed by atoms with van der Waals surface area (Å²) >= 11 is 1.25. The van der Waals surface area contributed by atoms with E-state index in [-0.39, 0.29) is 11.1 Å². The number of carbonyl (C=O) groups is 1. The number of carboxylic acid groups (broad SMARTS) is 1. The second kappa shape index (κ2) is 6.67. The molecule has 6 heteroatoms. The number of nitrogens with one attached hydrogen (secondary N) is 1. The molecule has 22 heavy (non-hydrogen) atoms. The van der Waals surface area contributed by atoms with Crippen LogP contribution < -0.4 is 0 Å². The van der Waals surface area contributed by atoms with Gasteiger partial charge in [-0.05, 0) is 23.6 Å². The number of benzene rings is 1. The Morgan fingerprint density at radius 3 is 2.82 bits per heavy atom. The maximum atomic E-state index is 11.0. The van der Waals surface area contributed by atoms with Crippen molar-refractivity contribution in [3.8, 4) is 11.8 Å². The van der Waals surface area contributed by atoms with Crippen LogP contribution in [0.3, 0.4) is 0 Å². The number of hydrogen-bond donors (Lipinski definition) is 2. The number of hydrogen-bond acceptors (Lipinski definition) is 4. The van der Waals surface area contributed by atoms with Gasteiger partial charge in [-0.2, -0.15) is 5.21 Å². The van der Waals surface area contributed by atoms with Crippen molar-refractivity contribution in [3.05, 3.63) is 35.5 Å². The Bertz CT molecular complexity index is 736. The second-order valence-corrected chi connectivity index (χ2v) is 7.01. The molecule has 0 aliphatic carbocycles. The lowest BCUT2D eigenvalue weighted by Gasteiger charge is -2.12. The van der Waals surface area contributed by atoms with Gasteiger partial charge in [0.2, 0.25) is 5.69 Å². The van der Waals surface area contributed by atoms with E-state index in [0.29, 0.717) is 5.03 Å². The molecule has 0 bridgehead atoms. The van der Waals surface area contributed by atoms with Crippen LogP contribution in [0.4, 0.5) is 0 Å². The van der Waals surface area contributed by atoms with Crippen molar-refractivity contribution in [3.63, 3.8) is 0 Å². The second-order valence-electron chi connectivity index (χ2n) is 5.95. The predicted molar refractivity (Wildman–Crippen MR) is 84.9 cm³/mol. The summed E-state index contributed by atoms with van der Waals surface area (Å²) in [5, 5.41) is 19.2. The third-order valence-electron chi connectivity index (χ3n) is 2.62. The van der Waals surface area contributed by atoms with Gasteiger partial charge < -0.3 is 5.11 Å². The van der Waals surface area contributed by atoms with E-state index in [4.69, 9.17) is 5.11 Å². The van der Waals surface area contributed by atoms with Crippen LogP contribution in [0.25, 0.3) is 0 Å². The van der Waals surface area contributed by atoms with Crippen molar-refractivity contribution < 1.29 is 9.90 Å². The van der Waals surface area contributed by atoms with Crippen molar-refractivity contribution in [2.75, 3.05) is 0 Å². The average Bonchev–Trinajstić information content (AvgIpc) is 2.86. The van der Waals surface area contributed by atoms with Crippen LogP contribution in [0.2, 0.25) is 0 Å². The molecule has 0 aliphatic rings. The fourth-order valence-electron chi connectivity index (χ4n) is 1.59. The van der Waals surface area contributed by atoms with Gasteiger partial charge in [0, 0.05) is 16.9 Å². The van der Waals surface area contributed by atoms with Crippen LogP contribution in [-0.2, 0) is 0 Å². The van der Waals surface area contributed by atoms with Crippen LogP contribution >= 0.6 is 11.8 Å². The van der Waals surface area contributed by atoms with Crippen molar-refractivity contribution in [1.82, 2.24) is 15.4 Å². The zero-order valence-electron chi connectivity index (χ0n) is 12.7. The highest BCUT2D eigenvalue weighted by Gasteiger charge is 2.16. The number of aromatic amines is 1. The molecule has 0 saturated heterocycles. The molecule has 114 valence electrons. The molecule has 0 aliphatic heterocycles. The first-order valence-electron chi connectivity index (χ1n) is 6.76. The summed E-state index contributed by atoms with van der Waals surface area (Å²) in [6.07, 6.45) is 0.816. The Hall–Kier alpha value is -2.26. The van der Waals surface area contributed by atoms with E-state index in [1.165, 1.54) is 11.8 Å². The molecule has 0 unspecified atom stereocenters. The molecule has 5 nitrogen and oxygen atoms in total. The number of aromatic nitrogens is 3. The summed E-state index contributed by atoms with van der Waals surface area (Å²) in [7, 11) is 0. The topological polar surface area (TPSA) is 78.9 Å². The van der Waals surface area contributed by atoms with Gasteiger partial charge in [0.25, 0.3) is 0 Å².